The van der Waals surface area contributed by atoms with E-state index in [0.717, 1.165) is 22.5 Å². The second-order valence-electron chi connectivity index (χ2n) is 3.26. The molecule has 0 aliphatic rings. The van der Waals surface area contributed by atoms with Crippen LogP contribution in [0.2, 0.25) is 0 Å². The van der Waals surface area contributed by atoms with E-state index in [2.05, 4.69) is 25.8 Å². The standard InChI is InChI=1S/C11H11BrN2O/c1-14(8-9-3-2-6-15-9)11-4-5-13-7-10(11)12/h2-7H,8H2,1H3. The molecule has 2 aromatic heterocycles. The molecule has 3 nitrogen and oxygen atoms in total. The van der Waals surface area contributed by atoms with Gasteiger partial charge in [0.25, 0.3) is 0 Å². The van der Waals surface area contributed by atoms with Crippen molar-refractivity contribution < 1.29 is 4.42 Å². The summed E-state index contributed by atoms with van der Waals surface area (Å²) in [7, 11) is 2.02. The molecule has 4 heteroatoms. The fraction of sp³-hybridized carbons (Fsp3) is 0.182. The predicted molar refractivity (Wildman–Crippen MR) is 62.8 cm³/mol. The molecule has 0 atom stereocenters. The van der Waals surface area contributed by atoms with E-state index in [9.17, 15) is 0 Å². The van der Waals surface area contributed by atoms with Crippen molar-refractivity contribution in [3.05, 3.63) is 47.1 Å². The summed E-state index contributed by atoms with van der Waals surface area (Å²) in [5, 5.41) is 0. The van der Waals surface area contributed by atoms with Crippen molar-refractivity contribution >= 4 is 21.6 Å². The lowest BCUT2D eigenvalue weighted by Gasteiger charge is -2.18. The zero-order valence-electron chi connectivity index (χ0n) is 8.35. The average Bonchev–Trinajstić information content (AvgIpc) is 2.71. The van der Waals surface area contributed by atoms with E-state index in [-0.39, 0.29) is 0 Å². The topological polar surface area (TPSA) is 29.3 Å². The second-order valence-corrected chi connectivity index (χ2v) is 4.12. The molecule has 0 amide bonds. The van der Waals surface area contributed by atoms with Crippen molar-refractivity contribution in [2.75, 3.05) is 11.9 Å². The molecule has 78 valence electrons. The maximum Gasteiger partial charge on any atom is 0.123 e. The summed E-state index contributed by atoms with van der Waals surface area (Å²) in [5.41, 5.74) is 1.10. The number of anilines is 1. The molecule has 0 aliphatic heterocycles. The molecule has 2 rings (SSSR count). The van der Waals surface area contributed by atoms with Crippen molar-refractivity contribution in [2.24, 2.45) is 0 Å². The van der Waals surface area contributed by atoms with E-state index >= 15 is 0 Å². The maximum absolute atomic E-state index is 5.29. The summed E-state index contributed by atoms with van der Waals surface area (Å²) in [6, 6.07) is 5.82. The maximum atomic E-state index is 5.29. The van der Waals surface area contributed by atoms with Crippen LogP contribution in [0.5, 0.6) is 0 Å². The van der Waals surface area contributed by atoms with Crippen LogP contribution >= 0.6 is 15.9 Å². The van der Waals surface area contributed by atoms with Gasteiger partial charge in [-0.15, -0.1) is 0 Å². The SMILES string of the molecule is CN(Cc1ccco1)c1ccncc1Br. The van der Waals surface area contributed by atoms with Gasteiger partial charge in [-0.1, -0.05) is 0 Å². The van der Waals surface area contributed by atoms with Crippen LogP contribution < -0.4 is 4.90 Å². The fourth-order valence-electron chi connectivity index (χ4n) is 1.40. The molecule has 0 N–H and O–H groups in total. The number of nitrogens with zero attached hydrogens (tertiary/aromatic N) is 2. The van der Waals surface area contributed by atoms with Crippen LogP contribution in [0.1, 0.15) is 5.76 Å². The Morgan fingerprint density at radius 3 is 3.00 bits per heavy atom. The largest absolute Gasteiger partial charge is 0.467 e. The Morgan fingerprint density at radius 1 is 1.47 bits per heavy atom. The molecule has 0 fully saturated rings. The first-order valence-electron chi connectivity index (χ1n) is 4.60. The van der Waals surface area contributed by atoms with Crippen molar-refractivity contribution in [3.8, 4) is 0 Å². The number of furan rings is 1. The predicted octanol–water partition coefficient (Wildman–Crippen LogP) is 3.07. The number of rotatable bonds is 3. The van der Waals surface area contributed by atoms with Crippen molar-refractivity contribution in [3.63, 3.8) is 0 Å². The van der Waals surface area contributed by atoms with Gasteiger partial charge >= 0.3 is 0 Å². The monoisotopic (exact) mass is 266 g/mol. The fourth-order valence-corrected chi connectivity index (χ4v) is 1.95. The molecule has 0 unspecified atom stereocenters. The van der Waals surface area contributed by atoms with Crippen molar-refractivity contribution in [2.45, 2.75) is 6.54 Å². The Hall–Kier alpha value is -1.29. The van der Waals surface area contributed by atoms with Gasteiger partial charge in [-0.05, 0) is 34.1 Å². The molecule has 2 heterocycles. The smallest absolute Gasteiger partial charge is 0.123 e. The Morgan fingerprint density at radius 2 is 2.33 bits per heavy atom. The second kappa shape index (κ2) is 4.49. The summed E-state index contributed by atoms with van der Waals surface area (Å²) < 4.78 is 6.28. The lowest BCUT2D eigenvalue weighted by molar-refractivity contribution is 0.507. The van der Waals surface area contributed by atoms with Crippen LogP contribution in [0.25, 0.3) is 0 Å². The molecule has 2 aromatic rings. The molecule has 15 heavy (non-hydrogen) atoms. The van der Waals surface area contributed by atoms with Crippen LogP contribution in [0, 0.1) is 0 Å². The zero-order valence-corrected chi connectivity index (χ0v) is 9.94. The number of halogens is 1. The molecule has 0 radical (unpaired) electrons. The highest BCUT2D eigenvalue weighted by Crippen LogP contribution is 2.24. The first-order chi connectivity index (χ1) is 7.27. The minimum absolute atomic E-state index is 0.746. The van der Waals surface area contributed by atoms with Gasteiger partial charge in [0.2, 0.25) is 0 Å². The molecule has 0 aromatic carbocycles. The molecule has 0 saturated heterocycles. The van der Waals surface area contributed by atoms with E-state index in [1.54, 1.807) is 18.7 Å². The number of hydrogen-bond donors (Lipinski definition) is 0. The lowest BCUT2D eigenvalue weighted by Crippen LogP contribution is -2.16. The minimum Gasteiger partial charge on any atom is -0.467 e. The summed E-state index contributed by atoms with van der Waals surface area (Å²) in [6.45, 7) is 0.746. The highest BCUT2D eigenvalue weighted by atomic mass is 79.9. The van der Waals surface area contributed by atoms with Gasteiger partial charge in [0, 0.05) is 19.4 Å². The zero-order chi connectivity index (χ0) is 10.7. The van der Waals surface area contributed by atoms with E-state index in [1.807, 2.05) is 25.2 Å². The number of hydrogen-bond acceptors (Lipinski definition) is 3. The first-order valence-corrected chi connectivity index (χ1v) is 5.39. The van der Waals surface area contributed by atoms with Crippen molar-refractivity contribution in [1.29, 1.82) is 0 Å². The molecule has 0 bridgehead atoms. The van der Waals surface area contributed by atoms with Crippen LogP contribution in [0.4, 0.5) is 5.69 Å². The molecular formula is C11H11BrN2O. The molecule has 0 aliphatic carbocycles. The first kappa shape index (κ1) is 10.2. The van der Waals surface area contributed by atoms with Crippen LogP contribution in [-0.4, -0.2) is 12.0 Å². The van der Waals surface area contributed by atoms with Gasteiger partial charge in [0.05, 0.1) is 23.0 Å². The van der Waals surface area contributed by atoms with Crippen molar-refractivity contribution in [1.82, 2.24) is 4.98 Å². The minimum atomic E-state index is 0.746. The summed E-state index contributed by atoms with van der Waals surface area (Å²) >= 11 is 3.47. The van der Waals surface area contributed by atoms with Gasteiger partial charge in [-0.3, -0.25) is 4.98 Å². The Labute approximate surface area is 96.9 Å². The van der Waals surface area contributed by atoms with Gasteiger partial charge in [-0.25, -0.2) is 0 Å². The molecule has 0 spiro atoms. The lowest BCUT2D eigenvalue weighted by atomic mass is 10.3. The van der Waals surface area contributed by atoms with E-state index in [1.165, 1.54) is 0 Å². The average molecular weight is 267 g/mol. The highest BCUT2D eigenvalue weighted by Gasteiger charge is 2.06. The number of pyridine rings is 1. The van der Waals surface area contributed by atoms with Gasteiger partial charge in [-0.2, -0.15) is 0 Å². The summed E-state index contributed by atoms with van der Waals surface area (Å²) in [5.74, 6) is 0.946. The Bertz CT molecular complexity index is 428. The van der Waals surface area contributed by atoms with E-state index < -0.39 is 0 Å². The highest BCUT2D eigenvalue weighted by molar-refractivity contribution is 9.10. The Balaban J connectivity index is 2.15. The third kappa shape index (κ3) is 2.39. The van der Waals surface area contributed by atoms with E-state index in [0.29, 0.717) is 0 Å². The summed E-state index contributed by atoms with van der Waals surface area (Å²) in [6.07, 6.45) is 5.25. The Kier molecular flexibility index (Phi) is 3.06. The van der Waals surface area contributed by atoms with Crippen LogP contribution in [0.3, 0.4) is 0 Å². The van der Waals surface area contributed by atoms with E-state index in [4.69, 9.17) is 4.42 Å². The molecular weight excluding hydrogens is 256 g/mol. The summed E-state index contributed by atoms with van der Waals surface area (Å²) in [4.78, 5) is 6.13. The quantitative estimate of drug-likeness (QED) is 0.855. The van der Waals surface area contributed by atoms with Gasteiger partial charge in [0.1, 0.15) is 5.76 Å². The molecule has 0 saturated carbocycles. The van der Waals surface area contributed by atoms with Gasteiger partial charge < -0.3 is 9.32 Å². The van der Waals surface area contributed by atoms with Crippen LogP contribution in [-0.2, 0) is 6.54 Å². The van der Waals surface area contributed by atoms with Gasteiger partial charge in [0.15, 0.2) is 0 Å². The third-order valence-electron chi connectivity index (χ3n) is 2.14. The number of aromatic nitrogens is 1. The third-order valence-corrected chi connectivity index (χ3v) is 2.75. The normalized spacial score (nSPS) is 10.3. The van der Waals surface area contributed by atoms with Crippen LogP contribution in [0.15, 0.2) is 45.7 Å².